The molecule has 0 N–H and O–H groups in total. The van der Waals surface area contributed by atoms with Crippen LogP contribution in [0.2, 0.25) is 5.02 Å². The fourth-order valence-electron chi connectivity index (χ4n) is 3.10. The first kappa shape index (κ1) is 22.4. The molecule has 9 nitrogen and oxygen atoms in total. The normalized spacial score (nSPS) is 14.9. The van der Waals surface area contributed by atoms with Gasteiger partial charge in [-0.05, 0) is 25.1 Å². The van der Waals surface area contributed by atoms with Crippen LogP contribution in [0.5, 0.6) is 0 Å². The maximum absolute atomic E-state index is 12.9. The largest absolute Gasteiger partial charge is 0.452 e. The number of carbonyl (C=O) groups is 1. The van der Waals surface area contributed by atoms with E-state index in [9.17, 15) is 13.2 Å². The maximum atomic E-state index is 12.9. The number of rotatable bonds is 6. The minimum Gasteiger partial charge on any atom is -0.452 e. The third kappa shape index (κ3) is 4.83. The van der Waals surface area contributed by atoms with Gasteiger partial charge in [-0.1, -0.05) is 46.6 Å². The summed E-state index contributed by atoms with van der Waals surface area (Å²) in [6.07, 6.45) is 0. The Balaban J connectivity index is 1.47. The van der Waals surface area contributed by atoms with Gasteiger partial charge in [0.1, 0.15) is 0 Å². The van der Waals surface area contributed by atoms with E-state index < -0.39 is 16.0 Å². The monoisotopic (exact) mass is 477 g/mol. The fraction of sp³-hybridized carbons (Fsp3) is 0.286. The summed E-state index contributed by atoms with van der Waals surface area (Å²) in [6.45, 7) is 2.80. The molecule has 1 aliphatic rings. The standard InChI is InChI=1S/C21H20ClN3O6S/c1-14-2-4-15(5-3-14)20-23-19(31-24-20)13-30-21(26)17-12-16(6-7-18(17)22)32(27,28)25-8-10-29-11-9-25/h2-7,12H,8-11,13H2,1H3. The van der Waals surface area contributed by atoms with E-state index in [0.717, 1.165) is 11.1 Å². The molecule has 168 valence electrons. The van der Waals surface area contributed by atoms with E-state index in [2.05, 4.69) is 10.1 Å². The zero-order valence-corrected chi connectivity index (χ0v) is 18.7. The van der Waals surface area contributed by atoms with Crippen LogP contribution in [0.15, 0.2) is 51.9 Å². The lowest BCUT2D eigenvalue weighted by Gasteiger charge is -2.26. The van der Waals surface area contributed by atoms with Crippen LogP contribution in [0, 0.1) is 6.92 Å². The summed E-state index contributed by atoms with van der Waals surface area (Å²) in [5, 5.41) is 3.96. The number of esters is 1. The lowest BCUT2D eigenvalue weighted by molar-refractivity contribution is 0.0429. The van der Waals surface area contributed by atoms with Gasteiger partial charge >= 0.3 is 5.97 Å². The zero-order valence-electron chi connectivity index (χ0n) is 17.2. The van der Waals surface area contributed by atoms with Crippen molar-refractivity contribution in [3.05, 3.63) is 64.5 Å². The second-order valence-corrected chi connectivity index (χ2v) is 9.46. The molecule has 1 fully saturated rings. The molecule has 1 aromatic heterocycles. The Morgan fingerprint density at radius 1 is 1.16 bits per heavy atom. The van der Waals surface area contributed by atoms with Crippen molar-refractivity contribution >= 4 is 27.6 Å². The Bertz CT molecular complexity index is 1220. The Morgan fingerprint density at radius 2 is 1.88 bits per heavy atom. The topological polar surface area (TPSA) is 112 Å². The summed E-state index contributed by atoms with van der Waals surface area (Å²) >= 11 is 6.12. The second kappa shape index (κ2) is 9.37. The molecule has 4 rings (SSSR count). The molecule has 0 spiro atoms. The highest BCUT2D eigenvalue weighted by molar-refractivity contribution is 7.89. The molecule has 0 atom stereocenters. The fourth-order valence-corrected chi connectivity index (χ4v) is 4.73. The van der Waals surface area contributed by atoms with Gasteiger partial charge in [0.2, 0.25) is 15.8 Å². The highest BCUT2D eigenvalue weighted by Crippen LogP contribution is 2.25. The van der Waals surface area contributed by atoms with Gasteiger partial charge in [-0.3, -0.25) is 0 Å². The van der Waals surface area contributed by atoms with Crippen molar-refractivity contribution in [3.8, 4) is 11.4 Å². The molecule has 0 radical (unpaired) electrons. The summed E-state index contributed by atoms with van der Waals surface area (Å²) in [5.74, 6) is -0.334. The molecule has 0 bridgehead atoms. The Labute approximate surface area is 189 Å². The van der Waals surface area contributed by atoms with Gasteiger partial charge in [0, 0.05) is 18.7 Å². The Kier molecular flexibility index (Phi) is 6.56. The summed E-state index contributed by atoms with van der Waals surface area (Å²) in [4.78, 5) is 16.8. The summed E-state index contributed by atoms with van der Waals surface area (Å²) in [5.41, 5.74) is 1.79. The van der Waals surface area contributed by atoms with E-state index in [-0.39, 0.29) is 41.1 Å². The summed E-state index contributed by atoms with van der Waals surface area (Å²) < 4.78 is 42.6. The maximum Gasteiger partial charge on any atom is 0.340 e. The average molecular weight is 478 g/mol. The molecule has 1 saturated heterocycles. The van der Waals surface area contributed by atoms with Gasteiger partial charge < -0.3 is 14.0 Å². The smallest absolute Gasteiger partial charge is 0.340 e. The number of halogens is 1. The molecular formula is C21H20ClN3O6S. The van der Waals surface area contributed by atoms with Gasteiger partial charge in [0.05, 0.1) is 28.7 Å². The third-order valence-electron chi connectivity index (χ3n) is 4.87. The van der Waals surface area contributed by atoms with E-state index in [1.807, 2.05) is 31.2 Å². The van der Waals surface area contributed by atoms with E-state index in [0.29, 0.717) is 19.0 Å². The van der Waals surface area contributed by atoms with Gasteiger partial charge in [0.25, 0.3) is 5.89 Å². The van der Waals surface area contributed by atoms with Crippen LogP contribution in [-0.2, 0) is 26.1 Å². The van der Waals surface area contributed by atoms with Crippen LogP contribution in [0.25, 0.3) is 11.4 Å². The van der Waals surface area contributed by atoms with Crippen molar-refractivity contribution < 1.29 is 27.2 Å². The number of nitrogens with zero attached hydrogens (tertiary/aromatic N) is 3. The average Bonchev–Trinajstić information content (AvgIpc) is 3.28. The summed E-state index contributed by atoms with van der Waals surface area (Å²) in [7, 11) is -3.79. The van der Waals surface area contributed by atoms with Crippen molar-refractivity contribution in [2.45, 2.75) is 18.4 Å². The molecule has 1 aliphatic heterocycles. The predicted octanol–water partition coefficient (Wildman–Crippen LogP) is 3.08. The molecule has 3 aromatic rings. The molecule has 2 aromatic carbocycles. The number of morpholine rings is 1. The minimum absolute atomic E-state index is 0.0461. The van der Waals surface area contributed by atoms with E-state index in [4.69, 9.17) is 25.6 Å². The molecule has 2 heterocycles. The molecule has 0 unspecified atom stereocenters. The first-order valence-electron chi connectivity index (χ1n) is 9.79. The number of ether oxygens (including phenoxy) is 2. The van der Waals surface area contributed by atoms with Gasteiger partial charge in [-0.25, -0.2) is 13.2 Å². The van der Waals surface area contributed by atoms with Crippen molar-refractivity contribution in [2.24, 2.45) is 0 Å². The Hall–Kier alpha value is -2.79. The van der Waals surface area contributed by atoms with Crippen LogP contribution >= 0.6 is 11.6 Å². The van der Waals surface area contributed by atoms with Crippen LogP contribution in [-0.4, -0.2) is 55.1 Å². The molecule has 11 heteroatoms. The van der Waals surface area contributed by atoms with Crippen molar-refractivity contribution in [1.82, 2.24) is 14.4 Å². The number of carbonyl (C=O) groups excluding carboxylic acids is 1. The first-order valence-corrected chi connectivity index (χ1v) is 11.6. The van der Waals surface area contributed by atoms with Gasteiger partial charge in [-0.2, -0.15) is 9.29 Å². The minimum atomic E-state index is -3.79. The highest BCUT2D eigenvalue weighted by atomic mass is 35.5. The lowest BCUT2D eigenvalue weighted by Crippen LogP contribution is -2.40. The number of hydrogen-bond donors (Lipinski definition) is 0. The number of aryl methyl sites for hydroxylation is 1. The SMILES string of the molecule is Cc1ccc(-c2noc(COC(=O)c3cc(S(=O)(=O)N4CCOCC4)ccc3Cl)n2)cc1. The Morgan fingerprint density at radius 3 is 2.59 bits per heavy atom. The van der Waals surface area contributed by atoms with E-state index in [1.54, 1.807) is 0 Å². The number of benzene rings is 2. The predicted molar refractivity (Wildman–Crippen MR) is 115 cm³/mol. The van der Waals surface area contributed by atoms with Crippen molar-refractivity contribution in [1.29, 1.82) is 0 Å². The van der Waals surface area contributed by atoms with Crippen LogP contribution in [0.4, 0.5) is 0 Å². The number of hydrogen-bond acceptors (Lipinski definition) is 8. The van der Waals surface area contributed by atoms with Crippen molar-refractivity contribution in [3.63, 3.8) is 0 Å². The van der Waals surface area contributed by atoms with E-state index >= 15 is 0 Å². The molecule has 0 saturated carbocycles. The lowest BCUT2D eigenvalue weighted by atomic mass is 10.1. The molecule has 0 aliphatic carbocycles. The van der Waals surface area contributed by atoms with Crippen LogP contribution in [0.1, 0.15) is 21.8 Å². The quantitative estimate of drug-likeness (QED) is 0.498. The molecule has 0 amide bonds. The number of sulfonamides is 1. The zero-order chi connectivity index (χ0) is 22.7. The number of aromatic nitrogens is 2. The second-order valence-electron chi connectivity index (χ2n) is 7.11. The van der Waals surface area contributed by atoms with Crippen LogP contribution < -0.4 is 0 Å². The first-order chi connectivity index (χ1) is 15.3. The summed E-state index contributed by atoms with van der Waals surface area (Å²) in [6, 6.07) is 11.5. The molecule has 32 heavy (non-hydrogen) atoms. The van der Waals surface area contributed by atoms with Gasteiger partial charge in [0.15, 0.2) is 6.61 Å². The third-order valence-corrected chi connectivity index (χ3v) is 7.09. The molecular weight excluding hydrogens is 458 g/mol. The van der Waals surface area contributed by atoms with Crippen LogP contribution in [0.3, 0.4) is 0 Å². The van der Waals surface area contributed by atoms with Crippen molar-refractivity contribution in [2.75, 3.05) is 26.3 Å². The van der Waals surface area contributed by atoms with E-state index in [1.165, 1.54) is 22.5 Å². The highest BCUT2D eigenvalue weighted by Gasteiger charge is 2.28. The van der Waals surface area contributed by atoms with Gasteiger partial charge in [-0.15, -0.1) is 0 Å².